The molecular weight excluding hydrogens is 280 g/mol. The van der Waals surface area contributed by atoms with Crippen LogP contribution >= 0.6 is 0 Å². The van der Waals surface area contributed by atoms with E-state index in [4.69, 9.17) is 9.47 Å². The second-order valence-corrected chi connectivity index (χ2v) is 7.59. The van der Waals surface area contributed by atoms with E-state index >= 15 is 0 Å². The first-order chi connectivity index (χ1) is 10.3. The fourth-order valence-corrected chi connectivity index (χ4v) is 3.51. The van der Waals surface area contributed by atoms with Gasteiger partial charge in [-0.2, -0.15) is 0 Å². The number of hydrogen-bond acceptors (Lipinski definition) is 4. The van der Waals surface area contributed by atoms with Gasteiger partial charge in [0.2, 0.25) is 6.29 Å². The molecule has 0 aromatic carbocycles. The Hall–Kier alpha value is -0.870. The lowest BCUT2D eigenvalue weighted by Crippen LogP contribution is -2.36. The highest BCUT2D eigenvalue weighted by Gasteiger charge is 2.37. The van der Waals surface area contributed by atoms with Crippen molar-refractivity contribution in [3.63, 3.8) is 0 Å². The third-order valence-corrected chi connectivity index (χ3v) is 4.99. The fourth-order valence-electron chi connectivity index (χ4n) is 3.51. The van der Waals surface area contributed by atoms with Crippen LogP contribution in [0.3, 0.4) is 0 Å². The van der Waals surface area contributed by atoms with Gasteiger partial charge in [-0.1, -0.05) is 41.0 Å². The summed E-state index contributed by atoms with van der Waals surface area (Å²) in [5.41, 5.74) is 0.338. The second kappa shape index (κ2) is 7.14. The Bertz CT molecular complexity index is 427. The molecule has 0 spiro atoms. The average molecular weight is 310 g/mol. The molecule has 4 heteroatoms. The van der Waals surface area contributed by atoms with Crippen LogP contribution in [0.15, 0.2) is 11.6 Å². The summed E-state index contributed by atoms with van der Waals surface area (Å²) in [5.74, 6) is 1.23. The van der Waals surface area contributed by atoms with E-state index in [9.17, 15) is 9.90 Å². The van der Waals surface area contributed by atoms with Crippen LogP contribution in [-0.4, -0.2) is 29.6 Å². The average Bonchev–Trinajstić information content (AvgIpc) is 2.78. The minimum atomic E-state index is -0.785. The fraction of sp³-hybridized carbons (Fsp3) is 0.833. The van der Waals surface area contributed by atoms with Gasteiger partial charge in [-0.25, -0.2) is 4.79 Å². The maximum Gasteiger partial charge on any atom is 0.339 e. The Morgan fingerprint density at radius 3 is 2.55 bits per heavy atom. The summed E-state index contributed by atoms with van der Waals surface area (Å²) in [6.45, 7) is 10.5. The molecule has 0 aromatic rings. The largest absolute Gasteiger partial charge is 0.428 e. The molecule has 1 aliphatic carbocycles. The van der Waals surface area contributed by atoms with Crippen molar-refractivity contribution in [2.24, 2.45) is 23.7 Å². The van der Waals surface area contributed by atoms with Gasteiger partial charge in [-0.05, 0) is 42.6 Å². The molecule has 1 N–H and O–H groups in total. The van der Waals surface area contributed by atoms with Gasteiger partial charge in [0, 0.05) is 0 Å². The van der Waals surface area contributed by atoms with E-state index in [1.54, 1.807) is 6.08 Å². The van der Waals surface area contributed by atoms with Crippen molar-refractivity contribution in [2.45, 2.75) is 72.4 Å². The van der Waals surface area contributed by atoms with E-state index in [-0.39, 0.29) is 12.0 Å². The van der Waals surface area contributed by atoms with Crippen LogP contribution in [0.5, 0.6) is 0 Å². The van der Waals surface area contributed by atoms with Crippen LogP contribution < -0.4 is 0 Å². The third-order valence-electron chi connectivity index (χ3n) is 4.99. The minimum absolute atomic E-state index is 0.0179. The highest BCUT2D eigenvalue weighted by atomic mass is 16.7. The van der Waals surface area contributed by atoms with E-state index in [0.29, 0.717) is 23.3 Å². The lowest BCUT2D eigenvalue weighted by atomic mass is 9.75. The minimum Gasteiger partial charge on any atom is -0.428 e. The SMILES string of the molecule is CC(C)[C@H](O)C1=C[C@H](O[C@@H]2C[C@H](C)CC[C@H]2C(C)C)OC1=O. The van der Waals surface area contributed by atoms with Crippen molar-refractivity contribution in [2.75, 3.05) is 0 Å². The van der Waals surface area contributed by atoms with Gasteiger partial charge in [0.25, 0.3) is 0 Å². The van der Waals surface area contributed by atoms with Crippen molar-refractivity contribution in [1.82, 2.24) is 0 Å². The molecular formula is C18H30O4. The molecule has 1 aliphatic heterocycles. The summed E-state index contributed by atoms with van der Waals surface area (Å²) < 4.78 is 11.4. The van der Waals surface area contributed by atoms with Gasteiger partial charge < -0.3 is 14.6 Å². The highest BCUT2D eigenvalue weighted by molar-refractivity contribution is 5.91. The van der Waals surface area contributed by atoms with E-state index < -0.39 is 18.4 Å². The second-order valence-electron chi connectivity index (χ2n) is 7.59. The monoisotopic (exact) mass is 310 g/mol. The molecule has 0 saturated heterocycles. The molecule has 1 heterocycles. The molecule has 2 aliphatic rings. The number of carbonyl (C=O) groups excluding carboxylic acids is 1. The van der Waals surface area contributed by atoms with Crippen molar-refractivity contribution in [3.05, 3.63) is 11.6 Å². The molecule has 1 fully saturated rings. The number of carbonyl (C=O) groups is 1. The van der Waals surface area contributed by atoms with Gasteiger partial charge in [-0.3, -0.25) is 0 Å². The zero-order valence-electron chi connectivity index (χ0n) is 14.4. The van der Waals surface area contributed by atoms with Crippen molar-refractivity contribution in [1.29, 1.82) is 0 Å². The topological polar surface area (TPSA) is 55.8 Å². The molecule has 126 valence electrons. The maximum atomic E-state index is 11.9. The van der Waals surface area contributed by atoms with Crippen molar-refractivity contribution >= 4 is 5.97 Å². The molecule has 4 nitrogen and oxygen atoms in total. The molecule has 0 aromatic heterocycles. The Morgan fingerprint density at radius 1 is 1.27 bits per heavy atom. The van der Waals surface area contributed by atoms with Gasteiger partial charge >= 0.3 is 5.97 Å². The molecule has 0 radical (unpaired) electrons. The Kier molecular flexibility index (Phi) is 5.67. The van der Waals surface area contributed by atoms with Crippen LogP contribution in [0.25, 0.3) is 0 Å². The molecule has 22 heavy (non-hydrogen) atoms. The number of esters is 1. The van der Waals surface area contributed by atoms with Crippen molar-refractivity contribution in [3.8, 4) is 0 Å². The lowest BCUT2D eigenvalue weighted by Gasteiger charge is -2.37. The first kappa shape index (κ1) is 17.5. The predicted octanol–water partition coefficient (Wildman–Crippen LogP) is 3.29. The first-order valence-corrected chi connectivity index (χ1v) is 8.55. The van der Waals surface area contributed by atoms with E-state index in [0.717, 1.165) is 12.8 Å². The van der Waals surface area contributed by atoms with E-state index in [1.165, 1.54) is 6.42 Å². The van der Waals surface area contributed by atoms with E-state index in [2.05, 4.69) is 20.8 Å². The summed E-state index contributed by atoms with van der Waals surface area (Å²) in [5, 5.41) is 10.1. The van der Waals surface area contributed by atoms with Crippen molar-refractivity contribution < 1.29 is 19.4 Å². The number of hydrogen-bond donors (Lipinski definition) is 1. The number of aliphatic hydroxyl groups excluding tert-OH is 1. The van der Waals surface area contributed by atoms with Crippen LogP contribution in [-0.2, 0) is 14.3 Å². The highest BCUT2D eigenvalue weighted by Crippen LogP contribution is 2.37. The number of rotatable bonds is 5. The van der Waals surface area contributed by atoms with Crippen LogP contribution in [0.2, 0.25) is 0 Å². The third kappa shape index (κ3) is 3.90. The van der Waals surface area contributed by atoms with Crippen LogP contribution in [0, 0.1) is 23.7 Å². The Labute approximate surface area is 133 Å². The molecule has 0 unspecified atom stereocenters. The van der Waals surface area contributed by atoms with Crippen LogP contribution in [0.4, 0.5) is 0 Å². The molecule has 0 bridgehead atoms. The van der Waals surface area contributed by atoms with Gasteiger partial charge in [0.1, 0.15) is 0 Å². The summed E-state index contributed by atoms with van der Waals surface area (Å²) in [7, 11) is 0. The predicted molar refractivity (Wildman–Crippen MR) is 85.0 cm³/mol. The number of aliphatic hydroxyl groups is 1. The lowest BCUT2D eigenvalue weighted by molar-refractivity contribution is -0.179. The van der Waals surface area contributed by atoms with Gasteiger partial charge in [-0.15, -0.1) is 0 Å². The normalized spacial score (nSPS) is 34.0. The standard InChI is InChI=1S/C18H30O4/c1-10(2)13-7-6-12(5)8-15(13)21-16-9-14(18(20)22-16)17(19)11(3)4/h9-13,15-17,19H,6-8H2,1-5H3/t12-,13+,15-,16-,17+/m1/s1. The smallest absolute Gasteiger partial charge is 0.339 e. The molecule has 2 rings (SSSR count). The number of ether oxygens (including phenoxy) is 2. The Balaban J connectivity index is 2.04. The zero-order chi connectivity index (χ0) is 16.4. The zero-order valence-corrected chi connectivity index (χ0v) is 14.4. The Morgan fingerprint density at radius 2 is 1.95 bits per heavy atom. The maximum absolute atomic E-state index is 11.9. The van der Waals surface area contributed by atoms with Crippen LogP contribution in [0.1, 0.15) is 53.9 Å². The quantitative estimate of drug-likeness (QED) is 0.792. The summed E-state index contributed by atoms with van der Waals surface area (Å²) in [4.78, 5) is 11.9. The molecule has 1 saturated carbocycles. The van der Waals surface area contributed by atoms with E-state index in [1.807, 2.05) is 13.8 Å². The van der Waals surface area contributed by atoms with Gasteiger partial charge in [0.15, 0.2) is 0 Å². The number of cyclic esters (lactones) is 1. The molecule has 0 amide bonds. The molecule has 5 atom stereocenters. The van der Waals surface area contributed by atoms with Gasteiger partial charge in [0.05, 0.1) is 17.8 Å². The summed E-state index contributed by atoms with van der Waals surface area (Å²) in [6.07, 6.45) is 3.75. The first-order valence-electron chi connectivity index (χ1n) is 8.55. The summed E-state index contributed by atoms with van der Waals surface area (Å²) in [6, 6.07) is 0. The summed E-state index contributed by atoms with van der Waals surface area (Å²) >= 11 is 0.